The van der Waals surface area contributed by atoms with Gasteiger partial charge in [-0.05, 0) is 25.0 Å². The molecular formula is C12H16N2O3. The normalized spacial score (nSPS) is 16.5. The van der Waals surface area contributed by atoms with Crippen LogP contribution in [-0.2, 0) is 16.0 Å². The molecule has 0 spiro atoms. The second-order valence-corrected chi connectivity index (χ2v) is 4.56. The Morgan fingerprint density at radius 1 is 1.53 bits per heavy atom. The van der Waals surface area contributed by atoms with Crippen LogP contribution < -0.4 is 0 Å². The number of rotatable bonds is 5. The smallest absolute Gasteiger partial charge is 0.319 e. The van der Waals surface area contributed by atoms with E-state index in [0.29, 0.717) is 25.8 Å². The molecule has 1 amide bonds. The maximum absolute atomic E-state index is 12.0. The summed E-state index contributed by atoms with van der Waals surface area (Å²) < 4.78 is 0. The molecule has 0 saturated heterocycles. The molecule has 92 valence electrons. The van der Waals surface area contributed by atoms with Crippen molar-refractivity contribution in [2.75, 3.05) is 13.6 Å². The number of aromatic amines is 1. The van der Waals surface area contributed by atoms with E-state index >= 15 is 0 Å². The highest BCUT2D eigenvalue weighted by atomic mass is 16.4. The standard InChI is InChI=1S/C12H16N2O3/c1-14(8-4-9-3-2-7-13-9)10(15)12(5-6-12)11(16)17/h2-3,7,13H,4-6,8H2,1H3,(H,16,17). The summed E-state index contributed by atoms with van der Waals surface area (Å²) in [6.07, 6.45) is 3.48. The van der Waals surface area contributed by atoms with E-state index in [1.807, 2.05) is 18.3 Å². The molecule has 2 rings (SSSR count). The Bertz CT molecular complexity index is 421. The number of carbonyl (C=O) groups excluding carboxylic acids is 1. The monoisotopic (exact) mass is 236 g/mol. The molecule has 0 aromatic carbocycles. The fourth-order valence-corrected chi connectivity index (χ4v) is 1.92. The Kier molecular flexibility index (Phi) is 2.92. The number of carbonyl (C=O) groups is 2. The largest absolute Gasteiger partial charge is 0.480 e. The summed E-state index contributed by atoms with van der Waals surface area (Å²) in [5.74, 6) is -1.26. The van der Waals surface area contributed by atoms with E-state index in [4.69, 9.17) is 5.11 Å². The summed E-state index contributed by atoms with van der Waals surface area (Å²) in [7, 11) is 1.66. The van der Waals surface area contributed by atoms with Gasteiger partial charge in [-0.25, -0.2) is 0 Å². The minimum absolute atomic E-state index is 0.267. The molecule has 1 aliphatic carbocycles. The summed E-state index contributed by atoms with van der Waals surface area (Å²) in [4.78, 5) is 27.5. The van der Waals surface area contributed by atoms with E-state index in [1.54, 1.807) is 7.05 Å². The first kappa shape index (κ1) is 11.7. The first-order valence-corrected chi connectivity index (χ1v) is 5.67. The fraction of sp³-hybridized carbons (Fsp3) is 0.500. The zero-order valence-electron chi connectivity index (χ0n) is 9.77. The van der Waals surface area contributed by atoms with Crippen molar-refractivity contribution in [2.24, 2.45) is 5.41 Å². The lowest BCUT2D eigenvalue weighted by Gasteiger charge is -2.20. The van der Waals surface area contributed by atoms with Crippen LogP contribution in [0.1, 0.15) is 18.5 Å². The summed E-state index contributed by atoms with van der Waals surface area (Å²) in [5.41, 5.74) is -0.0744. The molecule has 1 aromatic heterocycles. The van der Waals surface area contributed by atoms with Crippen molar-refractivity contribution in [2.45, 2.75) is 19.3 Å². The number of H-pyrrole nitrogens is 1. The number of nitrogens with one attached hydrogen (secondary N) is 1. The van der Waals surface area contributed by atoms with Crippen LogP contribution in [0.4, 0.5) is 0 Å². The Hall–Kier alpha value is -1.78. The van der Waals surface area contributed by atoms with Gasteiger partial charge in [0.2, 0.25) is 5.91 Å². The van der Waals surface area contributed by atoms with Gasteiger partial charge in [-0.3, -0.25) is 9.59 Å². The van der Waals surface area contributed by atoms with Gasteiger partial charge in [-0.15, -0.1) is 0 Å². The molecule has 2 N–H and O–H groups in total. The van der Waals surface area contributed by atoms with Crippen LogP contribution in [-0.4, -0.2) is 40.5 Å². The molecule has 17 heavy (non-hydrogen) atoms. The fourth-order valence-electron chi connectivity index (χ4n) is 1.92. The number of nitrogens with zero attached hydrogens (tertiary/aromatic N) is 1. The van der Waals surface area contributed by atoms with Crippen molar-refractivity contribution in [3.63, 3.8) is 0 Å². The van der Waals surface area contributed by atoms with Gasteiger partial charge in [0, 0.05) is 31.9 Å². The number of hydrogen-bond donors (Lipinski definition) is 2. The van der Waals surface area contributed by atoms with Gasteiger partial charge in [0.15, 0.2) is 0 Å². The number of hydrogen-bond acceptors (Lipinski definition) is 2. The third-order valence-electron chi connectivity index (χ3n) is 3.29. The molecule has 1 aliphatic rings. The molecule has 0 aliphatic heterocycles. The summed E-state index contributed by atoms with van der Waals surface area (Å²) in [5, 5.41) is 9.02. The number of likely N-dealkylation sites (N-methyl/N-ethyl adjacent to an activating group) is 1. The number of aromatic nitrogens is 1. The Morgan fingerprint density at radius 2 is 2.24 bits per heavy atom. The lowest BCUT2D eigenvalue weighted by molar-refractivity contribution is -0.152. The van der Waals surface area contributed by atoms with Gasteiger partial charge in [0.05, 0.1) is 0 Å². The molecule has 1 fully saturated rings. The maximum atomic E-state index is 12.0. The van der Waals surface area contributed by atoms with E-state index in [-0.39, 0.29) is 5.91 Å². The molecule has 5 heteroatoms. The van der Waals surface area contributed by atoms with Crippen molar-refractivity contribution in [1.29, 1.82) is 0 Å². The van der Waals surface area contributed by atoms with Gasteiger partial charge in [0.25, 0.3) is 0 Å². The molecule has 1 aromatic rings. The molecule has 0 atom stereocenters. The topological polar surface area (TPSA) is 73.4 Å². The Balaban J connectivity index is 1.90. The predicted molar refractivity (Wildman–Crippen MR) is 61.4 cm³/mol. The zero-order chi connectivity index (χ0) is 12.5. The highest BCUT2D eigenvalue weighted by Crippen LogP contribution is 2.47. The number of carboxylic acid groups (broad SMARTS) is 1. The maximum Gasteiger partial charge on any atom is 0.319 e. The average molecular weight is 236 g/mol. The third kappa shape index (κ3) is 2.18. The van der Waals surface area contributed by atoms with Crippen molar-refractivity contribution >= 4 is 11.9 Å². The van der Waals surface area contributed by atoms with E-state index in [0.717, 1.165) is 5.69 Å². The van der Waals surface area contributed by atoms with E-state index < -0.39 is 11.4 Å². The van der Waals surface area contributed by atoms with Crippen LogP contribution in [0.15, 0.2) is 18.3 Å². The number of carboxylic acids is 1. The molecule has 1 saturated carbocycles. The van der Waals surface area contributed by atoms with Crippen LogP contribution in [0.2, 0.25) is 0 Å². The lowest BCUT2D eigenvalue weighted by Crippen LogP contribution is -2.39. The lowest BCUT2D eigenvalue weighted by atomic mass is 10.1. The Morgan fingerprint density at radius 3 is 2.71 bits per heavy atom. The molecular weight excluding hydrogens is 220 g/mol. The van der Waals surface area contributed by atoms with Crippen molar-refractivity contribution < 1.29 is 14.7 Å². The van der Waals surface area contributed by atoms with Crippen LogP contribution in [0, 0.1) is 5.41 Å². The van der Waals surface area contributed by atoms with Gasteiger partial charge in [0.1, 0.15) is 5.41 Å². The van der Waals surface area contributed by atoms with E-state index in [1.165, 1.54) is 4.90 Å². The van der Waals surface area contributed by atoms with Crippen molar-refractivity contribution in [1.82, 2.24) is 9.88 Å². The molecule has 0 radical (unpaired) electrons. The van der Waals surface area contributed by atoms with Gasteiger partial charge in [-0.1, -0.05) is 0 Å². The Labute approximate surface area is 99.4 Å². The highest BCUT2D eigenvalue weighted by Gasteiger charge is 2.58. The molecule has 0 unspecified atom stereocenters. The molecule has 0 bridgehead atoms. The summed E-state index contributed by atoms with van der Waals surface area (Å²) in [6, 6.07) is 3.85. The van der Waals surface area contributed by atoms with Crippen molar-refractivity contribution in [3.8, 4) is 0 Å². The van der Waals surface area contributed by atoms with Crippen LogP contribution >= 0.6 is 0 Å². The third-order valence-corrected chi connectivity index (χ3v) is 3.29. The van der Waals surface area contributed by atoms with E-state index in [2.05, 4.69) is 4.98 Å². The zero-order valence-corrected chi connectivity index (χ0v) is 9.77. The van der Waals surface area contributed by atoms with Crippen molar-refractivity contribution in [3.05, 3.63) is 24.0 Å². The van der Waals surface area contributed by atoms with Crippen LogP contribution in [0.25, 0.3) is 0 Å². The SMILES string of the molecule is CN(CCc1ccc[nH]1)C(=O)C1(C(=O)O)CC1. The average Bonchev–Trinajstić information content (AvgIpc) is 2.96. The summed E-state index contributed by atoms with van der Waals surface area (Å²) in [6.45, 7) is 0.536. The molecule has 1 heterocycles. The minimum atomic E-state index is -1.12. The predicted octanol–water partition coefficient (Wildman–Crippen LogP) is 0.880. The second-order valence-electron chi connectivity index (χ2n) is 4.56. The first-order valence-electron chi connectivity index (χ1n) is 5.67. The van der Waals surface area contributed by atoms with Crippen LogP contribution in [0.3, 0.4) is 0 Å². The quantitative estimate of drug-likeness (QED) is 0.745. The van der Waals surface area contributed by atoms with E-state index in [9.17, 15) is 9.59 Å². The van der Waals surface area contributed by atoms with Gasteiger partial charge >= 0.3 is 5.97 Å². The van der Waals surface area contributed by atoms with Gasteiger partial charge in [-0.2, -0.15) is 0 Å². The number of amides is 1. The summed E-state index contributed by atoms with van der Waals surface area (Å²) >= 11 is 0. The van der Waals surface area contributed by atoms with Crippen LogP contribution in [0.5, 0.6) is 0 Å². The van der Waals surface area contributed by atoms with Gasteiger partial charge < -0.3 is 15.0 Å². The first-order chi connectivity index (χ1) is 8.06. The molecule has 5 nitrogen and oxygen atoms in total. The second kappa shape index (κ2) is 4.24. The minimum Gasteiger partial charge on any atom is -0.480 e. The highest BCUT2D eigenvalue weighted by molar-refractivity contribution is 6.04. The number of aliphatic carboxylic acids is 1.